The van der Waals surface area contributed by atoms with E-state index < -0.39 is 0 Å². The molecular formula is C7H9N4+. The van der Waals surface area contributed by atoms with E-state index in [0.29, 0.717) is 0 Å². The standard InChI is InChI=1S/C7H9N4/c1-10-5-11(2)7-6(10)8-3-4-9-7/h3-4H,1,5H2,2H3/q+1. The van der Waals surface area contributed by atoms with Crippen molar-refractivity contribution < 1.29 is 4.58 Å². The lowest BCUT2D eigenvalue weighted by Gasteiger charge is -2.02. The lowest BCUT2D eigenvalue weighted by atomic mass is 10.6. The third-order valence-electron chi connectivity index (χ3n) is 1.70. The van der Waals surface area contributed by atoms with Gasteiger partial charge in [0.05, 0.1) is 12.9 Å². The first-order valence-corrected chi connectivity index (χ1v) is 3.39. The molecule has 1 aromatic rings. The molecule has 56 valence electrons. The first-order chi connectivity index (χ1) is 5.29. The average Bonchev–Trinajstić information content (AvgIpc) is 2.30. The van der Waals surface area contributed by atoms with Gasteiger partial charge in [0.2, 0.25) is 5.82 Å². The molecular weight excluding hydrogens is 140 g/mol. The van der Waals surface area contributed by atoms with Crippen molar-refractivity contribution in [1.82, 2.24) is 9.97 Å². The second-order valence-corrected chi connectivity index (χ2v) is 2.58. The maximum Gasteiger partial charge on any atom is 0.367 e. The van der Waals surface area contributed by atoms with Gasteiger partial charge in [0.25, 0.3) is 0 Å². The van der Waals surface area contributed by atoms with Gasteiger partial charge in [0, 0.05) is 7.05 Å². The van der Waals surface area contributed by atoms with Crippen LogP contribution in [0.4, 0.5) is 11.6 Å². The average molecular weight is 149 g/mol. The Morgan fingerprint density at radius 2 is 2.27 bits per heavy atom. The summed E-state index contributed by atoms with van der Waals surface area (Å²) in [5, 5.41) is 0. The molecule has 0 spiro atoms. The van der Waals surface area contributed by atoms with E-state index in [1.165, 1.54) is 0 Å². The molecule has 11 heavy (non-hydrogen) atoms. The van der Waals surface area contributed by atoms with Gasteiger partial charge in [-0.05, 0) is 4.98 Å². The van der Waals surface area contributed by atoms with Gasteiger partial charge in [-0.3, -0.25) is 0 Å². The number of aromatic nitrogens is 2. The third kappa shape index (κ3) is 0.790. The zero-order valence-electron chi connectivity index (χ0n) is 6.36. The van der Waals surface area contributed by atoms with Crippen LogP contribution in [0.15, 0.2) is 12.4 Å². The molecule has 0 saturated carbocycles. The van der Waals surface area contributed by atoms with E-state index in [9.17, 15) is 0 Å². The van der Waals surface area contributed by atoms with Gasteiger partial charge in [-0.1, -0.05) is 0 Å². The molecule has 0 unspecified atom stereocenters. The van der Waals surface area contributed by atoms with Gasteiger partial charge in [0.15, 0.2) is 12.9 Å². The Balaban J connectivity index is 2.60. The molecule has 0 saturated heterocycles. The molecule has 1 aliphatic heterocycles. The highest BCUT2D eigenvalue weighted by molar-refractivity contribution is 5.55. The molecule has 0 atom stereocenters. The molecule has 2 heterocycles. The van der Waals surface area contributed by atoms with Gasteiger partial charge < -0.3 is 4.90 Å². The first-order valence-electron chi connectivity index (χ1n) is 3.39. The molecule has 2 rings (SSSR count). The smallest absolute Gasteiger partial charge is 0.316 e. The molecule has 0 radical (unpaired) electrons. The normalized spacial score (nSPS) is 15.4. The van der Waals surface area contributed by atoms with E-state index in [1.807, 2.05) is 16.5 Å². The second-order valence-electron chi connectivity index (χ2n) is 2.58. The fourth-order valence-corrected chi connectivity index (χ4v) is 1.21. The maximum absolute atomic E-state index is 4.17. The molecule has 1 aromatic heterocycles. The van der Waals surface area contributed by atoms with Gasteiger partial charge in [-0.25, -0.2) is 9.56 Å². The Kier molecular flexibility index (Phi) is 1.15. The van der Waals surface area contributed by atoms with Crippen LogP contribution in [0.1, 0.15) is 0 Å². The summed E-state index contributed by atoms with van der Waals surface area (Å²) in [6, 6.07) is 0. The number of nitrogens with zero attached hydrogens (tertiary/aromatic N) is 4. The van der Waals surface area contributed by atoms with Gasteiger partial charge in [-0.15, -0.1) is 0 Å². The van der Waals surface area contributed by atoms with Crippen molar-refractivity contribution >= 4 is 18.4 Å². The van der Waals surface area contributed by atoms with Crippen LogP contribution in [-0.2, 0) is 0 Å². The Morgan fingerprint density at radius 1 is 1.55 bits per heavy atom. The minimum Gasteiger partial charge on any atom is -0.316 e. The SMILES string of the molecule is C=[N+]1CN(C)c2nccnc21. The molecule has 0 N–H and O–H groups in total. The number of hydrogen-bond acceptors (Lipinski definition) is 3. The third-order valence-corrected chi connectivity index (χ3v) is 1.70. The summed E-state index contributed by atoms with van der Waals surface area (Å²) in [4.78, 5) is 10.3. The highest BCUT2D eigenvalue weighted by atomic mass is 15.4. The molecule has 0 bridgehead atoms. The topological polar surface area (TPSA) is 32.0 Å². The van der Waals surface area contributed by atoms with Crippen molar-refractivity contribution in [3.63, 3.8) is 0 Å². The molecule has 0 aromatic carbocycles. The van der Waals surface area contributed by atoms with Crippen LogP contribution in [0.3, 0.4) is 0 Å². The van der Waals surface area contributed by atoms with Crippen molar-refractivity contribution in [3.8, 4) is 0 Å². The maximum atomic E-state index is 4.17. The largest absolute Gasteiger partial charge is 0.367 e. The molecule has 4 heteroatoms. The van der Waals surface area contributed by atoms with Gasteiger partial charge in [-0.2, -0.15) is 0 Å². The first kappa shape index (κ1) is 6.27. The Hall–Kier alpha value is -1.45. The number of rotatable bonds is 0. The van der Waals surface area contributed by atoms with Crippen LogP contribution in [0.2, 0.25) is 0 Å². The van der Waals surface area contributed by atoms with Crippen LogP contribution in [0.5, 0.6) is 0 Å². The summed E-state index contributed by atoms with van der Waals surface area (Å²) in [6.45, 7) is 4.58. The number of anilines is 1. The summed E-state index contributed by atoms with van der Waals surface area (Å²) < 4.78 is 1.82. The van der Waals surface area contributed by atoms with Crippen LogP contribution < -0.4 is 4.90 Å². The minimum atomic E-state index is 0.763. The van der Waals surface area contributed by atoms with Crippen LogP contribution in [0, 0.1) is 0 Å². The van der Waals surface area contributed by atoms with Crippen LogP contribution in [0.25, 0.3) is 0 Å². The monoisotopic (exact) mass is 149 g/mol. The lowest BCUT2D eigenvalue weighted by molar-refractivity contribution is -0.423. The van der Waals surface area contributed by atoms with Gasteiger partial charge >= 0.3 is 5.82 Å². The van der Waals surface area contributed by atoms with Crippen molar-refractivity contribution in [2.75, 3.05) is 18.6 Å². The van der Waals surface area contributed by atoms with E-state index >= 15 is 0 Å². The summed E-state index contributed by atoms with van der Waals surface area (Å²) in [5.74, 6) is 1.76. The van der Waals surface area contributed by atoms with Crippen molar-refractivity contribution in [2.24, 2.45) is 0 Å². The predicted molar refractivity (Wildman–Crippen MR) is 42.3 cm³/mol. The fraction of sp³-hybridized carbons (Fsp3) is 0.286. The predicted octanol–water partition coefficient (Wildman–Crippen LogP) is 0.228. The summed E-state index contributed by atoms with van der Waals surface area (Å²) in [7, 11) is 1.97. The Morgan fingerprint density at radius 3 is 3.00 bits per heavy atom. The van der Waals surface area contributed by atoms with E-state index in [2.05, 4.69) is 16.7 Å². The number of fused-ring (bicyclic) bond motifs is 1. The zero-order valence-corrected chi connectivity index (χ0v) is 6.36. The quantitative estimate of drug-likeness (QED) is 0.495. The summed E-state index contributed by atoms with van der Waals surface area (Å²) >= 11 is 0. The molecule has 0 amide bonds. The lowest BCUT2D eigenvalue weighted by Crippen LogP contribution is -2.17. The fourth-order valence-electron chi connectivity index (χ4n) is 1.21. The summed E-state index contributed by atoms with van der Waals surface area (Å²) in [5.41, 5.74) is 0. The molecule has 0 fully saturated rings. The zero-order chi connectivity index (χ0) is 7.84. The van der Waals surface area contributed by atoms with E-state index in [0.717, 1.165) is 18.3 Å². The van der Waals surface area contributed by atoms with Crippen molar-refractivity contribution in [2.45, 2.75) is 0 Å². The van der Waals surface area contributed by atoms with E-state index in [4.69, 9.17) is 0 Å². The highest BCUT2D eigenvalue weighted by Crippen LogP contribution is 2.26. The van der Waals surface area contributed by atoms with E-state index in [-0.39, 0.29) is 0 Å². The van der Waals surface area contributed by atoms with E-state index in [1.54, 1.807) is 12.4 Å². The van der Waals surface area contributed by atoms with Crippen LogP contribution in [-0.4, -0.2) is 35.0 Å². The minimum absolute atomic E-state index is 0.763. The number of hydrogen-bond donors (Lipinski definition) is 0. The van der Waals surface area contributed by atoms with Crippen molar-refractivity contribution in [1.29, 1.82) is 0 Å². The Labute approximate surface area is 64.8 Å². The molecule has 4 nitrogen and oxygen atoms in total. The van der Waals surface area contributed by atoms with Crippen LogP contribution >= 0.6 is 0 Å². The highest BCUT2D eigenvalue weighted by Gasteiger charge is 2.27. The second kappa shape index (κ2) is 2.02. The Bertz CT molecular complexity index is 307. The van der Waals surface area contributed by atoms with Gasteiger partial charge in [0.1, 0.15) is 0 Å². The van der Waals surface area contributed by atoms with Crippen molar-refractivity contribution in [3.05, 3.63) is 12.4 Å². The summed E-state index contributed by atoms with van der Waals surface area (Å²) in [6.07, 6.45) is 3.37. The molecule has 0 aliphatic carbocycles. The molecule has 1 aliphatic rings.